The molecular formula is C21H31N5O3. The first kappa shape index (κ1) is 19.2. The molecule has 0 saturated carbocycles. The van der Waals surface area contributed by atoms with Crippen LogP contribution in [0.2, 0.25) is 0 Å². The normalized spacial score (nSPS) is 26.4. The summed E-state index contributed by atoms with van der Waals surface area (Å²) in [7, 11) is 0. The number of ether oxygens (including phenoxy) is 1. The fourth-order valence-electron chi connectivity index (χ4n) is 5.51. The number of aliphatic hydroxyl groups is 1. The van der Waals surface area contributed by atoms with Gasteiger partial charge in [-0.05, 0) is 44.4 Å². The van der Waals surface area contributed by atoms with E-state index in [1.807, 2.05) is 13.8 Å². The second-order valence-corrected chi connectivity index (χ2v) is 9.10. The van der Waals surface area contributed by atoms with Crippen LogP contribution in [-0.2, 0) is 4.74 Å². The van der Waals surface area contributed by atoms with E-state index in [9.17, 15) is 5.11 Å². The van der Waals surface area contributed by atoms with Crippen molar-refractivity contribution in [2.45, 2.75) is 58.1 Å². The molecule has 5 rings (SSSR count). The summed E-state index contributed by atoms with van der Waals surface area (Å²) in [6.07, 6.45) is 4.96. The first-order valence-corrected chi connectivity index (χ1v) is 10.9. The van der Waals surface area contributed by atoms with E-state index in [0.717, 1.165) is 82.8 Å². The van der Waals surface area contributed by atoms with E-state index in [1.54, 1.807) is 0 Å². The van der Waals surface area contributed by atoms with Gasteiger partial charge in [-0.2, -0.15) is 4.98 Å². The molecule has 5 heterocycles. The maximum atomic E-state index is 10.7. The Morgan fingerprint density at radius 3 is 2.59 bits per heavy atom. The predicted molar refractivity (Wildman–Crippen MR) is 109 cm³/mol. The fraction of sp³-hybridized carbons (Fsp3) is 0.762. The number of rotatable bonds is 2. The molecule has 3 aliphatic rings. The lowest BCUT2D eigenvalue weighted by atomic mass is 9.71. The SMILES string of the molecule is Cc1nc(N2CCC3(CC2)CC(O)CN(C2CCOCC2)C3)c2nc(C)oc2n1. The number of piperidine rings is 2. The van der Waals surface area contributed by atoms with Crippen LogP contribution in [0.1, 0.15) is 43.8 Å². The van der Waals surface area contributed by atoms with E-state index < -0.39 is 0 Å². The molecule has 8 heteroatoms. The van der Waals surface area contributed by atoms with Crippen molar-refractivity contribution in [3.63, 3.8) is 0 Å². The number of hydrogen-bond donors (Lipinski definition) is 1. The average Bonchev–Trinajstić information content (AvgIpc) is 3.08. The van der Waals surface area contributed by atoms with E-state index in [1.165, 1.54) is 0 Å². The Morgan fingerprint density at radius 2 is 1.83 bits per heavy atom. The molecule has 2 aromatic rings. The number of aliphatic hydroxyl groups excluding tert-OH is 1. The zero-order chi connectivity index (χ0) is 20.0. The molecule has 0 bridgehead atoms. The summed E-state index contributed by atoms with van der Waals surface area (Å²) in [5, 5.41) is 10.7. The fourth-order valence-corrected chi connectivity index (χ4v) is 5.51. The van der Waals surface area contributed by atoms with Crippen molar-refractivity contribution < 1.29 is 14.3 Å². The Bertz CT molecular complexity index is 871. The van der Waals surface area contributed by atoms with Crippen LogP contribution >= 0.6 is 0 Å². The molecule has 0 aromatic carbocycles. The Balaban J connectivity index is 1.33. The van der Waals surface area contributed by atoms with Gasteiger partial charge in [0.1, 0.15) is 5.82 Å². The second-order valence-electron chi connectivity index (χ2n) is 9.10. The van der Waals surface area contributed by atoms with Crippen LogP contribution in [0.25, 0.3) is 11.2 Å². The number of nitrogens with zero attached hydrogens (tertiary/aromatic N) is 5. The van der Waals surface area contributed by atoms with Crippen molar-refractivity contribution in [1.82, 2.24) is 19.9 Å². The van der Waals surface area contributed by atoms with Crippen molar-refractivity contribution in [3.05, 3.63) is 11.7 Å². The lowest BCUT2D eigenvalue weighted by molar-refractivity contribution is -0.0602. The molecule has 1 spiro atoms. The third kappa shape index (κ3) is 3.73. The molecule has 0 aliphatic carbocycles. The van der Waals surface area contributed by atoms with Crippen molar-refractivity contribution >= 4 is 17.0 Å². The highest BCUT2D eigenvalue weighted by atomic mass is 16.5. The molecule has 0 amide bonds. The molecule has 1 atom stereocenters. The van der Waals surface area contributed by atoms with Crippen molar-refractivity contribution in [1.29, 1.82) is 0 Å². The van der Waals surface area contributed by atoms with Gasteiger partial charge in [0.2, 0.25) is 0 Å². The lowest BCUT2D eigenvalue weighted by Gasteiger charge is -2.51. The summed E-state index contributed by atoms with van der Waals surface area (Å²) in [4.78, 5) is 18.5. The average molecular weight is 402 g/mol. The number of aromatic nitrogens is 3. The molecule has 3 fully saturated rings. The molecule has 0 radical (unpaired) electrons. The van der Waals surface area contributed by atoms with Crippen LogP contribution in [0.4, 0.5) is 5.82 Å². The Morgan fingerprint density at radius 1 is 1.07 bits per heavy atom. The monoisotopic (exact) mass is 401 g/mol. The Hall–Kier alpha value is -1.77. The molecule has 2 aromatic heterocycles. The minimum absolute atomic E-state index is 0.188. The quantitative estimate of drug-likeness (QED) is 0.818. The van der Waals surface area contributed by atoms with Crippen LogP contribution in [0, 0.1) is 19.3 Å². The van der Waals surface area contributed by atoms with E-state index in [2.05, 4.69) is 19.8 Å². The molecule has 3 saturated heterocycles. The van der Waals surface area contributed by atoms with Crippen LogP contribution < -0.4 is 4.90 Å². The first-order chi connectivity index (χ1) is 14.0. The molecule has 1 N–H and O–H groups in total. The van der Waals surface area contributed by atoms with Gasteiger partial charge in [-0.1, -0.05) is 0 Å². The van der Waals surface area contributed by atoms with Crippen molar-refractivity contribution in [2.24, 2.45) is 5.41 Å². The van der Waals surface area contributed by atoms with Crippen LogP contribution in [0.3, 0.4) is 0 Å². The lowest BCUT2D eigenvalue weighted by Crippen LogP contribution is -2.57. The summed E-state index contributed by atoms with van der Waals surface area (Å²) in [6, 6.07) is 0.552. The topological polar surface area (TPSA) is 87.8 Å². The summed E-state index contributed by atoms with van der Waals surface area (Å²) >= 11 is 0. The number of oxazole rings is 1. The third-order valence-electron chi connectivity index (χ3n) is 6.94. The number of anilines is 1. The standard InChI is InChI=1S/C21H31N5O3/c1-14-22-19(18-20(23-14)29-15(2)24-18)25-7-5-21(6-8-25)11-17(27)12-26(13-21)16-3-9-28-10-4-16/h16-17,27H,3-13H2,1-2H3. The van der Waals surface area contributed by atoms with Gasteiger partial charge in [-0.3, -0.25) is 4.90 Å². The highest BCUT2D eigenvalue weighted by molar-refractivity contribution is 5.82. The van der Waals surface area contributed by atoms with Gasteiger partial charge in [0.15, 0.2) is 17.2 Å². The van der Waals surface area contributed by atoms with Gasteiger partial charge in [0.05, 0.1) is 6.10 Å². The van der Waals surface area contributed by atoms with E-state index in [0.29, 0.717) is 23.5 Å². The largest absolute Gasteiger partial charge is 0.422 e. The van der Waals surface area contributed by atoms with Crippen LogP contribution in [-0.4, -0.2) is 76.5 Å². The van der Waals surface area contributed by atoms with Gasteiger partial charge in [-0.15, -0.1) is 0 Å². The van der Waals surface area contributed by atoms with Crippen molar-refractivity contribution in [2.75, 3.05) is 44.3 Å². The van der Waals surface area contributed by atoms with Crippen LogP contribution in [0.5, 0.6) is 0 Å². The van der Waals surface area contributed by atoms with Crippen LogP contribution in [0.15, 0.2) is 4.42 Å². The van der Waals surface area contributed by atoms with Gasteiger partial charge in [0.25, 0.3) is 5.71 Å². The summed E-state index contributed by atoms with van der Waals surface area (Å²) in [5.74, 6) is 2.22. The highest BCUT2D eigenvalue weighted by Gasteiger charge is 2.43. The Labute approximate surface area is 171 Å². The molecule has 8 nitrogen and oxygen atoms in total. The summed E-state index contributed by atoms with van der Waals surface area (Å²) < 4.78 is 11.2. The molecule has 29 heavy (non-hydrogen) atoms. The van der Waals surface area contributed by atoms with Gasteiger partial charge in [-0.25, -0.2) is 9.97 Å². The summed E-state index contributed by atoms with van der Waals surface area (Å²) in [5.41, 5.74) is 1.52. The Kier molecular flexibility index (Phi) is 4.96. The predicted octanol–water partition coefficient (Wildman–Crippen LogP) is 2.07. The first-order valence-electron chi connectivity index (χ1n) is 10.9. The smallest absolute Gasteiger partial charge is 0.252 e. The minimum atomic E-state index is -0.232. The third-order valence-corrected chi connectivity index (χ3v) is 6.94. The van der Waals surface area contributed by atoms with Crippen molar-refractivity contribution in [3.8, 4) is 0 Å². The van der Waals surface area contributed by atoms with E-state index in [-0.39, 0.29) is 11.5 Å². The van der Waals surface area contributed by atoms with E-state index >= 15 is 0 Å². The maximum Gasteiger partial charge on any atom is 0.252 e. The number of fused-ring (bicyclic) bond motifs is 1. The van der Waals surface area contributed by atoms with E-state index in [4.69, 9.17) is 14.1 Å². The number of β-amino-alcohol motifs (C(OH)–C–C–N with tert-alkyl or cyclic N) is 1. The van der Waals surface area contributed by atoms with Gasteiger partial charge < -0.3 is 19.2 Å². The summed E-state index contributed by atoms with van der Waals surface area (Å²) in [6.45, 7) is 9.17. The minimum Gasteiger partial charge on any atom is -0.422 e. The number of likely N-dealkylation sites (tertiary alicyclic amines) is 1. The highest BCUT2D eigenvalue weighted by Crippen LogP contribution is 2.42. The second kappa shape index (κ2) is 7.49. The number of hydrogen-bond acceptors (Lipinski definition) is 8. The molecule has 158 valence electrons. The van der Waals surface area contributed by atoms with Gasteiger partial charge >= 0.3 is 0 Å². The molecular weight excluding hydrogens is 370 g/mol. The maximum absolute atomic E-state index is 10.7. The van der Waals surface area contributed by atoms with Gasteiger partial charge in [0, 0.05) is 52.4 Å². The zero-order valence-corrected chi connectivity index (χ0v) is 17.4. The molecule has 3 aliphatic heterocycles. The molecule has 1 unspecified atom stereocenters. The number of aryl methyl sites for hydroxylation is 2. The zero-order valence-electron chi connectivity index (χ0n) is 17.4.